The molecule has 3 heterocycles. The predicted octanol–water partition coefficient (Wildman–Crippen LogP) is 4.44. The van der Waals surface area contributed by atoms with Crippen LogP contribution in [0.15, 0.2) is 36.7 Å². The van der Waals surface area contributed by atoms with Gasteiger partial charge in [0.2, 0.25) is 5.91 Å². The number of hydrogen-bond donors (Lipinski definition) is 2. The van der Waals surface area contributed by atoms with Crippen molar-refractivity contribution >= 4 is 28.1 Å². The van der Waals surface area contributed by atoms with E-state index in [0.29, 0.717) is 16.9 Å². The van der Waals surface area contributed by atoms with E-state index in [2.05, 4.69) is 20.6 Å². The van der Waals surface area contributed by atoms with Crippen molar-refractivity contribution in [3.63, 3.8) is 0 Å². The molecule has 2 atom stereocenters. The lowest BCUT2D eigenvalue weighted by molar-refractivity contribution is -0.117. The average Bonchev–Trinajstić information content (AvgIpc) is 3.06. The normalized spacial score (nSPS) is 18.7. The zero-order valence-electron chi connectivity index (χ0n) is 15.9. The van der Waals surface area contributed by atoms with E-state index in [1.165, 1.54) is 6.07 Å². The Kier molecular flexibility index (Phi) is 3.90. The maximum Gasteiger partial charge on any atom is 0.231 e. The number of nitrogens with one attached hydrogen (secondary N) is 2. The molecule has 0 saturated heterocycles. The molecule has 1 aliphatic rings. The number of H-pyrrole nitrogens is 1. The number of alkyl halides is 1. The number of fused-ring (bicyclic) bond motifs is 2. The number of carbonyl (C=O) groups is 1. The first-order valence-electron chi connectivity index (χ1n) is 9.52. The van der Waals surface area contributed by atoms with Crippen LogP contribution in [-0.2, 0) is 4.79 Å². The van der Waals surface area contributed by atoms with Crippen LogP contribution >= 0.6 is 0 Å². The van der Waals surface area contributed by atoms with Gasteiger partial charge in [-0.25, -0.2) is 13.3 Å². The Hall–Kier alpha value is -3.29. The molecule has 5 rings (SSSR count). The molecule has 3 aromatic heterocycles. The van der Waals surface area contributed by atoms with Crippen molar-refractivity contribution in [3.8, 4) is 11.1 Å². The number of halogens is 2. The van der Waals surface area contributed by atoms with Crippen molar-refractivity contribution in [2.24, 2.45) is 5.92 Å². The van der Waals surface area contributed by atoms with Gasteiger partial charge < -0.3 is 5.32 Å². The monoisotopic (exact) mass is 395 g/mol. The van der Waals surface area contributed by atoms with Gasteiger partial charge in [-0.2, -0.15) is 10.2 Å². The SMILES string of the molecule is CC(C)c1c(F)cc2[nH]ncc2c1-c1ccn2nc(NC(=O)[C@@H]3C[C@@H]3F)cc2c1. The highest BCUT2D eigenvalue weighted by atomic mass is 19.1. The van der Waals surface area contributed by atoms with Crippen LogP contribution in [0.25, 0.3) is 27.5 Å². The Balaban J connectivity index is 1.60. The molecule has 4 aromatic rings. The molecule has 148 valence electrons. The van der Waals surface area contributed by atoms with E-state index in [1.807, 2.05) is 26.0 Å². The molecule has 1 saturated carbocycles. The van der Waals surface area contributed by atoms with Gasteiger partial charge in [-0.3, -0.25) is 9.89 Å². The maximum absolute atomic E-state index is 14.8. The van der Waals surface area contributed by atoms with Gasteiger partial charge in [-0.15, -0.1) is 0 Å². The Morgan fingerprint density at radius 3 is 2.86 bits per heavy atom. The molecule has 1 aliphatic carbocycles. The minimum absolute atomic E-state index is 0.0209. The molecule has 0 unspecified atom stereocenters. The highest BCUT2D eigenvalue weighted by Gasteiger charge is 2.43. The topological polar surface area (TPSA) is 75.1 Å². The number of hydrogen-bond acceptors (Lipinski definition) is 3. The second kappa shape index (κ2) is 6.37. The van der Waals surface area contributed by atoms with E-state index in [4.69, 9.17) is 0 Å². The van der Waals surface area contributed by atoms with Crippen molar-refractivity contribution in [1.82, 2.24) is 19.8 Å². The highest BCUT2D eigenvalue weighted by Crippen LogP contribution is 2.38. The van der Waals surface area contributed by atoms with Crippen molar-refractivity contribution in [2.45, 2.75) is 32.4 Å². The van der Waals surface area contributed by atoms with Crippen LogP contribution in [-0.4, -0.2) is 31.9 Å². The summed E-state index contributed by atoms with van der Waals surface area (Å²) in [6.07, 6.45) is 2.67. The third-order valence-corrected chi connectivity index (χ3v) is 5.37. The molecule has 1 aromatic carbocycles. The van der Waals surface area contributed by atoms with Gasteiger partial charge in [0, 0.05) is 17.6 Å². The van der Waals surface area contributed by atoms with E-state index < -0.39 is 12.1 Å². The summed E-state index contributed by atoms with van der Waals surface area (Å²) in [4.78, 5) is 12.0. The smallest absolute Gasteiger partial charge is 0.231 e. The molecule has 0 bridgehead atoms. The fourth-order valence-electron chi connectivity index (χ4n) is 3.82. The van der Waals surface area contributed by atoms with Crippen molar-refractivity contribution in [3.05, 3.63) is 48.0 Å². The summed E-state index contributed by atoms with van der Waals surface area (Å²) in [5.74, 6) is -0.868. The second-order valence-corrected chi connectivity index (χ2v) is 7.79. The van der Waals surface area contributed by atoms with Crippen LogP contribution in [0.5, 0.6) is 0 Å². The summed E-state index contributed by atoms with van der Waals surface area (Å²) in [5.41, 5.74) is 3.61. The van der Waals surface area contributed by atoms with Gasteiger partial charge in [0.15, 0.2) is 5.82 Å². The van der Waals surface area contributed by atoms with Crippen LogP contribution in [0.3, 0.4) is 0 Å². The Labute approximate surface area is 164 Å². The zero-order valence-corrected chi connectivity index (χ0v) is 15.9. The minimum Gasteiger partial charge on any atom is -0.309 e. The van der Waals surface area contributed by atoms with Gasteiger partial charge in [0.05, 0.1) is 23.1 Å². The molecule has 29 heavy (non-hydrogen) atoms. The fourth-order valence-corrected chi connectivity index (χ4v) is 3.82. The molecule has 6 nitrogen and oxygen atoms in total. The summed E-state index contributed by atoms with van der Waals surface area (Å²) in [5, 5.41) is 14.7. The molecule has 0 aliphatic heterocycles. The van der Waals surface area contributed by atoms with Crippen LogP contribution in [0.4, 0.5) is 14.6 Å². The van der Waals surface area contributed by atoms with Crippen molar-refractivity contribution in [1.29, 1.82) is 0 Å². The van der Waals surface area contributed by atoms with E-state index in [0.717, 1.165) is 22.0 Å². The summed E-state index contributed by atoms with van der Waals surface area (Å²) >= 11 is 0. The van der Waals surface area contributed by atoms with E-state index in [9.17, 15) is 13.6 Å². The van der Waals surface area contributed by atoms with Crippen LogP contribution < -0.4 is 5.32 Å². The first-order chi connectivity index (χ1) is 13.9. The van der Waals surface area contributed by atoms with E-state index in [1.54, 1.807) is 23.0 Å². The number of benzene rings is 1. The highest BCUT2D eigenvalue weighted by molar-refractivity contribution is 5.98. The number of carbonyl (C=O) groups excluding carboxylic acids is 1. The fraction of sp³-hybridized carbons (Fsp3) is 0.286. The number of rotatable bonds is 4. The summed E-state index contributed by atoms with van der Waals surface area (Å²) in [6.45, 7) is 3.91. The molecule has 8 heteroatoms. The molecule has 1 fully saturated rings. The quantitative estimate of drug-likeness (QED) is 0.537. The summed E-state index contributed by atoms with van der Waals surface area (Å²) in [7, 11) is 0. The van der Waals surface area contributed by atoms with Crippen LogP contribution in [0, 0.1) is 11.7 Å². The number of aromatic amines is 1. The minimum atomic E-state index is -1.06. The number of anilines is 1. The largest absolute Gasteiger partial charge is 0.309 e. The average molecular weight is 395 g/mol. The lowest BCUT2D eigenvalue weighted by Crippen LogP contribution is -2.15. The van der Waals surface area contributed by atoms with E-state index in [-0.39, 0.29) is 24.1 Å². The first-order valence-corrected chi connectivity index (χ1v) is 9.52. The first kappa shape index (κ1) is 17.8. The summed E-state index contributed by atoms with van der Waals surface area (Å²) in [6, 6.07) is 6.95. The number of pyridine rings is 1. The molecule has 0 radical (unpaired) electrons. The number of amides is 1. The summed E-state index contributed by atoms with van der Waals surface area (Å²) < 4.78 is 29.5. The lowest BCUT2D eigenvalue weighted by Gasteiger charge is -2.15. The lowest BCUT2D eigenvalue weighted by atomic mass is 9.90. The van der Waals surface area contributed by atoms with Crippen LogP contribution in [0.1, 0.15) is 31.7 Å². The second-order valence-electron chi connectivity index (χ2n) is 7.79. The predicted molar refractivity (Wildman–Crippen MR) is 106 cm³/mol. The third-order valence-electron chi connectivity index (χ3n) is 5.37. The number of aromatic nitrogens is 4. The van der Waals surface area contributed by atoms with Gasteiger partial charge in [0.25, 0.3) is 0 Å². The Bertz CT molecular complexity index is 1260. The van der Waals surface area contributed by atoms with Gasteiger partial charge in [-0.1, -0.05) is 13.8 Å². The standard InChI is InChI=1S/C21H19F2N5O/c1-10(2)19-16(23)8-17-14(9-24-26-17)20(19)11-3-4-28-12(5-11)6-18(27-28)25-21(29)13-7-15(13)22/h3-6,8-10,13,15H,7H2,1-2H3,(H,24,26)(H,25,27,29)/t13-,15+/m1/s1. The molecular formula is C21H19F2N5O. The van der Waals surface area contributed by atoms with Crippen molar-refractivity contribution in [2.75, 3.05) is 5.32 Å². The van der Waals surface area contributed by atoms with Gasteiger partial charge in [-0.05, 0) is 47.2 Å². The van der Waals surface area contributed by atoms with E-state index >= 15 is 0 Å². The molecular weight excluding hydrogens is 376 g/mol. The molecule has 0 spiro atoms. The zero-order chi connectivity index (χ0) is 20.3. The molecule has 1 amide bonds. The molecule has 2 N–H and O–H groups in total. The Morgan fingerprint density at radius 2 is 2.14 bits per heavy atom. The van der Waals surface area contributed by atoms with Gasteiger partial charge in [0.1, 0.15) is 12.0 Å². The maximum atomic E-state index is 14.8. The Morgan fingerprint density at radius 1 is 1.34 bits per heavy atom. The number of nitrogens with zero attached hydrogens (tertiary/aromatic N) is 3. The van der Waals surface area contributed by atoms with Crippen molar-refractivity contribution < 1.29 is 13.6 Å². The third kappa shape index (κ3) is 2.95. The van der Waals surface area contributed by atoms with Crippen LogP contribution in [0.2, 0.25) is 0 Å². The van der Waals surface area contributed by atoms with Gasteiger partial charge >= 0.3 is 0 Å².